The van der Waals surface area contributed by atoms with E-state index in [1.54, 1.807) is 11.2 Å². The molecule has 0 aliphatic carbocycles. The van der Waals surface area contributed by atoms with E-state index in [9.17, 15) is 0 Å². The summed E-state index contributed by atoms with van der Waals surface area (Å²) >= 11 is 0. The Morgan fingerprint density at radius 1 is 1.62 bits per heavy atom. The molecule has 0 aromatic rings. The minimum Gasteiger partial charge on any atom is -0.328 e. The van der Waals surface area contributed by atoms with Gasteiger partial charge >= 0.3 is 0 Å². The highest BCUT2D eigenvalue weighted by molar-refractivity contribution is 5.71. The summed E-state index contributed by atoms with van der Waals surface area (Å²) in [6, 6.07) is 0. The van der Waals surface area contributed by atoms with Crippen LogP contribution in [0, 0.1) is 0 Å². The van der Waals surface area contributed by atoms with Crippen LogP contribution in [-0.2, 0) is 0 Å². The highest BCUT2D eigenvalue weighted by Crippen LogP contribution is 1.84. The molecule has 0 atom stereocenters. The number of nitrogens with zero attached hydrogens (tertiary/aromatic N) is 2. The molecule has 3 nitrogen and oxygen atoms in total. The average molecular weight is 111 g/mol. The Morgan fingerprint density at radius 3 is 3.00 bits per heavy atom. The zero-order valence-electron chi connectivity index (χ0n) is 4.62. The molecule has 0 bridgehead atoms. The van der Waals surface area contributed by atoms with Gasteiger partial charge in [-0.05, 0) is 0 Å². The van der Waals surface area contributed by atoms with Gasteiger partial charge < -0.3 is 5.73 Å². The van der Waals surface area contributed by atoms with E-state index in [1.807, 2.05) is 12.3 Å². The molecule has 0 unspecified atom stereocenters. The quantitative estimate of drug-likeness (QED) is 0.501. The van der Waals surface area contributed by atoms with E-state index in [1.165, 1.54) is 0 Å². The Hall–Kier alpha value is -0.830. The first-order valence-corrected chi connectivity index (χ1v) is 2.61. The molecule has 0 fully saturated rings. The van der Waals surface area contributed by atoms with Crippen molar-refractivity contribution in [3.8, 4) is 0 Å². The Labute approximate surface area is 48.5 Å². The number of hydrogen-bond donors (Lipinski definition) is 1. The first kappa shape index (κ1) is 5.31. The van der Waals surface area contributed by atoms with E-state index in [2.05, 4.69) is 5.10 Å². The zero-order valence-corrected chi connectivity index (χ0v) is 4.62. The molecule has 43 valence electrons. The van der Waals surface area contributed by atoms with Gasteiger partial charge in [-0.3, -0.25) is 0 Å². The van der Waals surface area contributed by atoms with Crippen LogP contribution in [0.15, 0.2) is 12.3 Å². The van der Waals surface area contributed by atoms with Crippen LogP contribution in [0.25, 0.3) is 0 Å². The van der Waals surface area contributed by atoms with Crippen LogP contribution in [0.3, 0.4) is 0 Å². The monoisotopic (exact) mass is 111 g/mol. The van der Waals surface area contributed by atoms with Crippen molar-refractivity contribution >= 4 is 6.21 Å². The molecule has 1 rings (SSSR count). The summed E-state index contributed by atoms with van der Waals surface area (Å²) in [5.74, 6) is 0. The fourth-order valence-electron chi connectivity index (χ4n) is 0.565. The normalized spacial score (nSPS) is 15.9. The van der Waals surface area contributed by atoms with Crippen molar-refractivity contribution in [3.05, 3.63) is 12.3 Å². The average Bonchev–Trinajstić information content (AvgIpc) is 2.19. The van der Waals surface area contributed by atoms with Gasteiger partial charge in [0, 0.05) is 12.6 Å². The van der Waals surface area contributed by atoms with Gasteiger partial charge in [-0.25, -0.2) is 0 Å². The molecule has 1 aliphatic rings. The minimum absolute atomic E-state index is 0.654. The van der Waals surface area contributed by atoms with Crippen LogP contribution in [0.5, 0.6) is 0 Å². The lowest BCUT2D eigenvalue weighted by Gasteiger charge is -1.93. The zero-order chi connectivity index (χ0) is 5.82. The maximum Gasteiger partial charge on any atom is 0.277 e. The van der Waals surface area contributed by atoms with Crippen LogP contribution in [-0.4, -0.2) is 24.3 Å². The summed E-state index contributed by atoms with van der Waals surface area (Å²) in [4.78, 5) is 0. The molecule has 8 heavy (non-hydrogen) atoms. The molecule has 0 saturated heterocycles. The van der Waals surface area contributed by atoms with Gasteiger partial charge in [-0.2, -0.15) is 0 Å². The van der Waals surface area contributed by atoms with E-state index in [0.717, 1.165) is 6.54 Å². The summed E-state index contributed by atoms with van der Waals surface area (Å²) in [6.07, 6.45) is 5.53. The molecule has 1 aliphatic heterocycles. The highest BCUT2D eigenvalue weighted by Gasteiger charge is 2.08. The maximum absolute atomic E-state index is 5.26. The van der Waals surface area contributed by atoms with Gasteiger partial charge in [-0.15, -0.1) is 0 Å². The van der Waals surface area contributed by atoms with Crippen molar-refractivity contribution in [1.82, 2.24) is 10.1 Å². The summed E-state index contributed by atoms with van der Waals surface area (Å²) in [5.41, 5.74) is 5.26. The molecule has 0 spiro atoms. The van der Waals surface area contributed by atoms with Crippen LogP contribution < -0.4 is 10.8 Å². The summed E-state index contributed by atoms with van der Waals surface area (Å²) in [7, 11) is 0. The summed E-state index contributed by atoms with van der Waals surface area (Å²) in [5, 5.41) is 5.75. The predicted molar refractivity (Wildman–Crippen MR) is 33.1 cm³/mol. The third kappa shape index (κ3) is 1.07. The fourth-order valence-corrected chi connectivity index (χ4v) is 0.565. The molecular formula is C5H9N3+. The van der Waals surface area contributed by atoms with Crippen molar-refractivity contribution in [2.24, 2.45) is 5.73 Å². The molecule has 1 heterocycles. The van der Waals surface area contributed by atoms with Crippen LogP contribution in [0.2, 0.25) is 0 Å². The van der Waals surface area contributed by atoms with Crippen molar-refractivity contribution < 1.29 is 0 Å². The molecular weight excluding hydrogens is 102 g/mol. The van der Waals surface area contributed by atoms with Gasteiger partial charge in [0.05, 0.1) is 12.7 Å². The predicted octanol–water partition coefficient (Wildman–Crippen LogP) is -0.904. The van der Waals surface area contributed by atoms with Gasteiger partial charge in [0.25, 0.3) is 6.21 Å². The van der Waals surface area contributed by atoms with Crippen LogP contribution in [0.1, 0.15) is 0 Å². The summed E-state index contributed by atoms with van der Waals surface area (Å²) < 4.78 is 0. The van der Waals surface area contributed by atoms with Gasteiger partial charge in [-0.1, -0.05) is 5.01 Å². The second-order valence-electron chi connectivity index (χ2n) is 1.56. The standard InChI is InChI=1S/C5H9N3/c6-2-5-8-4-1-3-7-8/h1,3-4H,2,5-6H2/q+1. The van der Waals surface area contributed by atoms with Gasteiger partial charge in [0.2, 0.25) is 0 Å². The lowest BCUT2D eigenvalue weighted by molar-refractivity contribution is 0.370. The van der Waals surface area contributed by atoms with Gasteiger partial charge in [0.1, 0.15) is 0 Å². The first-order valence-electron chi connectivity index (χ1n) is 2.61. The highest BCUT2D eigenvalue weighted by atomic mass is 15.4. The second kappa shape index (κ2) is 2.47. The van der Waals surface area contributed by atoms with Crippen LogP contribution >= 0.6 is 0 Å². The first-order chi connectivity index (χ1) is 3.93. The Bertz CT molecular complexity index is 105. The lowest BCUT2D eigenvalue weighted by Crippen LogP contribution is -2.23. The second-order valence-corrected chi connectivity index (χ2v) is 1.56. The Balaban J connectivity index is 2.27. The van der Waals surface area contributed by atoms with Gasteiger partial charge in [0.15, 0.2) is 5.10 Å². The molecule has 1 radical (unpaired) electrons. The Morgan fingerprint density at radius 2 is 2.50 bits per heavy atom. The maximum atomic E-state index is 5.26. The van der Waals surface area contributed by atoms with E-state index in [-0.39, 0.29) is 0 Å². The van der Waals surface area contributed by atoms with Crippen molar-refractivity contribution in [1.29, 1.82) is 0 Å². The third-order valence-corrected chi connectivity index (χ3v) is 0.917. The molecule has 0 amide bonds. The fraction of sp³-hybridized carbons (Fsp3) is 0.400. The third-order valence-electron chi connectivity index (χ3n) is 0.917. The minimum atomic E-state index is 0.654. The number of hydrogen-bond acceptors (Lipinski definition) is 3. The topological polar surface area (TPSA) is 43.4 Å². The molecule has 2 N–H and O–H groups in total. The molecule has 0 aromatic carbocycles. The largest absolute Gasteiger partial charge is 0.328 e. The van der Waals surface area contributed by atoms with E-state index >= 15 is 0 Å². The van der Waals surface area contributed by atoms with E-state index in [0.29, 0.717) is 6.54 Å². The van der Waals surface area contributed by atoms with Crippen molar-refractivity contribution in [2.75, 3.05) is 13.1 Å². The van der Waals surface area contributed by atoms with Crippen molar-refractivity contribution in [2.45, 2.75) is 0 Å². The molecule has 0 aromatic heterocycles. The van der Waals surface area contributed by atoms with E-state index < -0.39 is 0 Å². The number of allylic oxidation sites excluding steroid dienone is 1. The number of rotatable bonds is 2. The number of nitrogens with two attached hydrogens (primary N) is 1. The molecule has 3 heteroatoms. The summed E-state index contributed by atoms with van der Waals surface area (Å²) in [6.45, 7) is 1.47. The molecule has 0 saturated carbocycles. The number of hydrazone groups is 1. The SMILES string of the molecule is NCCN1C=CC=[N+]1. The van der Waals surface area contributed by atoms with Crippen molar-refractivity contribution in [3.63, 3.8) is 0 Å². The smallest absolute Gasteiger partial charge is 0.277 e. The van der Waals surface area contributed by atoms with Crippen LogP contribution in [0.4, 0.5) is 0 Å². The van der Waals surface area contributed by atoms with E-state index in [4.69, 9.17) is 5.73 Å². The Kier molecular flexibility index (Phi) is 1.64. The lowest BCUT2D eigenvalue weighted by atomic mass is 10.6.